The molecule has 0 aliphatic heterocycles. The Morgan fingerprint density at radius 3 is 2.52 bits per heavy atom. The van der Waals surface area contributed by atoms with Crippen molar-refractivity contribution in [1.82, 2.24) is 4.57 Å². The second-order valence-corrected chi connectivity index (χ2v) is 5.86. The van der Waals surface area contributed by atoms with Gasteiger partial charge < -0.3 is 20.1 Å². The molecule has 0 spiro atoms. The van der Waals surface area contributed by atoms with E-state index in [0.717, 1.165) is 12.1 Å². The molecule has 3 aromatic rings. The lowest BCUT2D eigenvalue weighted by atomic mass is 10.0. The number of benzene rings is 2. The van der Waals surface area contributed by atoms with Crippen LogP contribution in [0.4, 0.5) is 14.5 Å². The van der Waals surface area contributed by atoms with Crippen LogP contribution in [0.2, 0.25) is 0 Å². The summed E-state index contributed by atoms with van der Waals surface area (Å²) < 4.78 is 33.9. The lowest BCUT2D eigenvalue weighted by Crippen LogP contribution is -2.19. The van der Waals surface area contributed by atoms with Gasteiger partial charge >= 0.3 is 0 Å². The van der Waals surface area contributed by atoms with Crippen LogP contribution in [-0.2, 0) is 7.05 Å². The van der Waals surface area contributed by atoms with Gasteiger partial charge in [0.1, 0.15) is 17.3 Å². The highest BCUT2D eigenvalue weighted by Crippen LogP contribution is 2.40. The third-order valence-corrected chi connectivity index (χ3v) is 4.00. The van der Waals surface area contributed by atoms with Gasteiger partial charge in [0.15, 0.2) is 11.6 Å². The van der Waals surface area contributed by atoms with E-state index < -0.39 is 17.2 Å². The summed E-state index contributed by atoms with van der Waals surface area (Å²) in [5, 5.41) is 10.5. The third kappa shape index (κ3) is 3.39. The van der Waals surface area contributed by atoms with Gasteiger partial charge in [0, 0.05) is 36.1 Å². The van der Waals surface area contributed by atoms with Crippen molar-refractivity contribution in [2.24, 2.45) is 7.05 Å². The minimum absolute atomic E-state index is 0.0105. The summed E-state index contributed by atoms with van der Waals surface area (Å²) in [7, 11) is 1.52. The van der Waals surface area contributed by atoms with Crippen molar-refractivity contribution < 1.29 is 18.6 Å². The number of anilines is 1. The number of hydrogen-bond donors (Lipinski definition) is 2. The summed E-state index contributed by atoms with van der Waals surface area (Å²) in [5.41, 5.74) is 6.37. The molecule has 0 bridgehead atoms. The molecule has 0 aliphatic carbocycles. The highest BCUT2D eigenvalue weighted by molar-refractivity contribution is 5.81. The second kappa shape index (κ2) is 6.95. The number of pyridine rings is 1. The zero-order valence-electron chi connectivity index (χ0n) is 14.4. The van der Waals surface area contributed by atoms with Crippen molar-refractivity contribution in [2.45, 2.75) is 0 Å². The van der Waals surface area contributed by atoms with E-state index >= 15 is 0 Å². The standard InChI is InChI=1S/C20H16F2N2O3/c1-3-13-19(25)15(10-24(2)20(13)26)14-9-12(23)5-7-17(14)27-18-6-4-11(21)8-16(18)22/h3-10,25H,1,23H2,2H3. The van der Waals surface area contributed by atoms with Gasteiger partial charge in [-0.1, -0.05) is 12.7 Å². The number of aryl methyl sites for hydroxylation is 1. The molecular formula is C20H16F2N2O3. The number of rotatable bonds is 4. The Kier molecular flexibility index (Phi) is 4.68. The Balaban J connectivity index is 2.20. The van der Waals surface area contributed by atoms with Crippen LogP contribution in [0, 0.1) is 11.6 Å². The maximum absolute atomic E-state index is 14.0. The minimum atomic E-state index is -0.880. The van der Waals surface area contributed by atoms with Crippen LogP contribution in [0.15, 0.2) is 54.0 Å². The van der Waals surface area contributed by atoms with Crippen LogP contribution in [0.1, 0.15) is 5.56 Å². The van der Waals surface area contributed by atoms with Crippen molar-refractivity contribution >= 4 is 11.8 Å². The van der Waals surface area contributed by atoms with Gasteiger partial charge in [-0.05, 0) is 30.3 Å². The van der Waals surface area contributed by atoms with Crippen molar-refractivity contribution in [2.75, 3.05) is 5.73 Å². The monoisotopic (exact) mass is 370 g/mol. The van der Waals surface area contributed by atoms with E-state index in [-0.39, 0.29) is 28.4 Å². The summed E-state index contributed by atoms with van der Waals surface area (Å²) in [6.07, 6.45) is 2.65. The number of nitrogen functional groups attached to an aromatic ring is 1. The molecule has 138 valence electrons. The number of ether oxygens (including phenoxy) is 1. The Labute approximate surface area is 153 Å². The smallest absolute Gasteiger partial charge is 0.261 e. The van der Waals surface area contributed by atoms with E-state index in [4.69, 9.17) is 10.5 Å². The first kappa shape index (κ1) is 18.2. The van der Waals surface area contributed by atoms with Gasteiger partial charge in [-0.15, -0.1) is 0 Å². The van der Waals surface area contributed by atoms with Crippen molar-refractivity contribution in [3.63, 3.8) is 0 Å². The molecule has 0 saturated heterocycles. The lowest BCUT2D eigenvalue weighted by Gasteiger charge is -2.15. The first-order chi connectivity index (χ1) is 12.8. The fourth-order valence-corrected chi connectivity index (χ4v) is 2.65. The molecule has 1 heterocycles. The van der Waals surface area contributed by atoms with E-state index in [0.29, 0.717) is 17.3 Å². The molecule has 1 aromatic heterocycles. The van der Waals surface area contributed by atoms with Gasteiger partial charge in [0.05, 0.1) is 5.56 Å². The van der Waals surface area contributed by atoms with Crippen molar-refractivity contribution in [3.05, 3.63) is 76.7 Å². The number of nitrogens with zero attached hydrogens (tertiary/aromatic N) is 1. The maximum atomic E-state index is 14.0. The minimum Gasteiger partial charge on any atom is -0.506 e. The maximum Gasteiger partial charge on any atom is 0.261 e. The normalized spacial score (nSPS) is 10.6. The molecule has 7 heteroatoms. The van der Waals surface area contributed by atoms with E-state index in [1.807, 2.05) is 0 Å². The Morgan fingerprint density at radius 2 is 1.85 bits per heavy atom. The Bertz CT molecular complexity index is 1110. The molecule has 0 unspecified atom stereocenters. The number of hydrogen-bond acceptors (Lipinski definition) is 4. The first-order valence-corrected chi connectivity index (χ1v) is 7.89. The molecule has 27 heavy (non-hydrogen) atoms. The van der Waals surface area contributed by atoms with Crippen LogP contribution < -0.4 is 16.0 Å². The van der Waals surface area contributed by atoms with E-state index in [1.54, 1.807) is 0 Å². The number of aromatic hydroxyl groups is 1. The zero-order chi connectivity index (χ0) is 19.7. The Morgan fingerprint density at radius 1 is 1.15 bits per heavy atom. The van der Waals surface area contributed by atoms with Crippen molar-refractivity contribution in [3.8, 4) is 28.4 Å². The fourth-order valence-electron chi connectivity index (χ4n) is 2.65. The van der Waals surface area contributed by atoms with Gasteiger partial charge in [-0.2, -0.15) is 0 Å². The molecule has 5 nitrogen and oxygen atoms in total. The number of aromatic nitrogens is 1. The molecular weight excluding hydrogens is 354 g/mol. The summed E-state index contributed by atoms with van der Waals surface area (Å²) >= 11 is 0. The summed E-state index contributed by atoms with van der Waals surface area (Å²) in [6.45, 7) is 3.54. The van der Waals surface area contributed by atoms with Gasteiger partial charge in [0.2, 0.25) is 0 Å². The van der Waals surface area contributed by atoms with Gasteiger partial charge in [0.25, 0.3) is 5.56 Å². The van der Waals surface area contributed by atoms with Crippen LogP contribution in [-0.4, -0.2) is 9.67 Å². The molecule has 0 fully saturated rings. The van der Waals surface area contributed by atoms with Gasteiger partial charge in [-0.25, -0.2) is 8.78 Å². The molecule has 0 radical (unpaired) electrons. The van der Waals surface area contributed by atoms with Crippen molar-refractivity contribution in [1.29, 1.82) is 0 Å². The summed E-state index contributed by atoms with van der Waals surface area (Å²) in [6, 6.07) is 7.46. The first-order valence-electron chi connectivity index (χ1n) is 7.89. The average molecular weight is 370 g/mol. The Hall–Kier alpha value is -3.61. The topological polar surface area (TPSA) is 77.5 Å². The van der Waals surface area contributed by atoms with Crippen LogP contribution in [0.3, 0.4) is 0 Å². The predicted octanol–water partition coefficient (Wildman–Crippen LogP) is 4.05. The molecule has 0 saturated carbocycles. The summed E-state index contributed by atoms with van der Waals surface area (Å²) in [4.78, 5) is 12.1. The quantitative estimate of drug-likeness (QED) is 0.679. The average Bonchev–Trinajstić information content (AvgIpc) is 2.62. The SMILES string of the molecule is C=Cc1c(O)c(-c2cc(N)ccc2Oc2ccc(F)cc2F)cn(C)c1=O. The second-order valence-electron chi connectivity index (χ2n) is 5.86. The molecule has 2 aromatic carbocycles. The molecule has 0 atom stereocenters. The van der Waals surface area contributed by atoms with Gasteiger partial charge in [-0.3, -0.25) is 4.79 Å². The number of halogens is 2. The van der Waals surface area contributed by atoms with E-state index in [9.17, 15) is 18.7 Å². The predicted molar refractivity (Wildman–Crippen MR) is 99.7 cm³/mol. The molecule has 3 rings (SSSR count). The number of nitrogens with two attached hydrogens (primary N) is 1. The molecule has 0 amide bonds. The zero-order valence-corrected chi connectivity index (χ0v) is 14.4. The third-order valence-electron chi connectivity index (χ3n) is 4.00. The fraction of sp³-hybridized carbons (Fsp3) is 0.0500. The highest BCUT2D eigenvalue weighted by atomic mass is 19.1. The van der Waals surface area contributed by atoms with Crippen LogP contribution in [0.5, 0.6) is 17.2 Å². The molecule has 0 aliphatic rings. The highest BCUT2D eigenvalue weighted by Gasteiger charge is 2.18. The van der Waals surface area contributed by atoms with E-state index in [2.05, 4.69) is 6.58 Å². The summed E-state index contributed by atoms with van der Waals surface area (Å²) in [5.74, 6) is -1.95. The van der Waals surface area contributed by atoms with E-state index in [1.165, 1.54) is 42.1 Å². The largest absolute Gasteiger partial charge is 0.506 e. The lowest BCUT2D eigenvalue weighted by molar-refractivity contribution is 0.438. The van der Waals surface area contributed by atoms with Crippen LogP contribution >= 0.6 is 0 Å². The molecule has 3 N–H and O–H groups in total. The van der Waals surface area contributed by atoms with Crippen LogP contribution in [0.25, 0.3) is 17.2 Å².